The number of nitrogens with zero attached hydrogens (tertiary/aromatic N) is 3. The Kier molecular flexibility index (Phi) is 5.66. The summed E-state index contributed by atoms with van der Waals surface area (Å²) in [7, 11) is -3.70. The molecular weight excluding hydrogens is 348 g/mol. The highest BCUT2D eigenvalue weighted by Gasteiger charge is 2.14. The molecular formula is C16H21ClN4O2S. The third-order valence-electron chi connectivity index (χ3n) is 3.35. The Morgan fingerprint density at radius 1 is 1.29 bits per heavy atom. The highest BCUT2D eigenvalue weighted by atomic mass is 35.5. The first-order chi connectivity index (χ1) is 11.2. The molecule has 0 aliphatic heterocycles. The van der Waals surface area contributed by atoms with Crippen LogP contribution in [0.1, 0.15) is 30.7 Å². The maximum atomic E-state index is 12.2. The molecule has 8 heteroatoms. The molecule has 1 aromatic carbocycles. The zero-order valence-corrected chi connectivity index (χ0v) is 15.7. The second-order valence-corrected chi connectivity index (χ2v) is 8.05. The van der Waals surface area contributed by atoms with Crippen LogP contribution in [-0.4, -0.2) is 24.4 Å². The molecule has 24 heavy (non-hydrogen) atoms. The fraction of sp³-hybridized carbons (Fsp3) is 0.375. The van der Waals surface area contributed by atoms with E-state index in [1.807, 2.05) is 6.92 Å². The largest absolute Gasteiger partial charge is 0.276 e. The topological polar surface area (TPSA) is 76.3 Å². The van der Waals surface area contributed by atoms with Crippen molar-refractivity contribution in [2.24, 2.45) is 11.0 Å². The van der Waals surface area contributed by atoms with Crippen LogP contribution in [0.25, 0.3) is 0 Å². The van der Waals surface area contributed by atoms with E-state index in [9.17, 15) is 8.42 Å². The minimum absolute atomic E-state index is 0.156. The Balaban J connectivity index is 2.17. The number of hydrazone groups is 1. The van der Waals surface area contributed by atoms with Crippen LogP contribution in [-0.2, 0) is 16.6 Å². The molecule has 0 atom stereocenters. The summed E-state index contributed by atoms with van der Waals surface area (Å²) in [5.74, 6) is 0.395. The van der Waals surface area contributed by atoms with E-state index in [2.05, 4.69) is 28.9 Å². The molecule has 6 nitrogen and oxygen atoms in total. The maximum absolute atomic E-state index is 12.2. The zero-order chi connectivity index (χ0) is 17.9. The van der Waals surface area contributed by atoms with E-state index in [0.29, 0.717) is 28.9 Å². The zero-order valence-electron chi connectivity index (χ0n) is 14.1. The number of aromatic nitrogens is 2. The van der Waals surface area contributed by atoms with Crippen molar-refractivity contribution in [3.05, 3.63) is 46.2 Å². The van der Waals surface area contributed by atoms with Gasteiger partial charge in [-0.15, -0.1) is 0 Å². The number of sulfonamides is 1. The van der Waals surface area contributed by atoms with E-state index in [4.69, 9.17) is 11.6 Å². The molecule has 0 fully saturated rings. The number of benzene rings is 1. The Hall–Kier alpha value is -1.86. The molecule has 0 bridgehead atoms. The number of hydrogen-bond donors (Lipinski definition) is 1. The SMILES string of the molecule is Cc1ccc(S(=O)(=O)N/N=C\c2c(C)nn(CC(C)C)c2Cl)cc1. The second kappa shape index (κ2) is 7.36. The summed E-state index contributed by atoms with van der Waals surface area (Å²) >= 11 is 6.29. The Morgan fingerprint density at radius 2 is 1.92 bits per heavy atom. The van der Waals surface area contributed by atoms with E-state index < -0.39 is 10.0 Å². The van der Waals surface area contributed by atoms with Gasteiger partial charge >= 0.3 is 0 Å². The molecule has 1 aromatic heterocycles. The van der Waals surface area contributed by atoms with Crippen LogP contribution >= 0.6 is 11.6 Å². The average molecular weight is 369 g/mol. The van der Waals surface area contributed by atoms with Crippen LogP contribution in [0.15, 0.2) is 34.3 Å². The van der Waals surface area contributed by atoms with Crippen LogP contribution < -0.4 is 4.83 Å². The minimum Gasteiger partial charge on any atom is -0.253 e. The van der Waals surface area contributed by atoms with Crippen molar-refractivity contribution in [3.63, 3.8) is 0 Å². The molecule has 2 aromatic rings. The highest BCUT2D eigenvalue weighted by molar-refractivity contribution is 7.89. The van der Waals surface area contributed by atoms with Gasteiger partial charge in [0.25, 0.3) is 10.0 Å². The van der Waals surface area contributed by atoms with E-state index in [1.54, 1.807) is 23.7 Å². The van der Waals surface area contributed by atoms with Gasteiger partial charge in [0.05, 0.1) is 22.4 Å². The number of nitrogens with one attached hydrogen (secondary N) is 1. The summed E-state index contributed by atoms with van der Waals surface area (Å²) in [6.07, 6.45) is 1.38. The predicted molar refractivity (Wildman–Crippen MR) is 95.9 cm³/mol. The van der Waals surface area contributed by atoms with Crippen LogP contribution in [0.2, 0.25) is 5.15 Å². The van der Waals surface area contributed by atoms with Gasteiger partial charge in [-0.2, -0.15) is 18.6 Å². The van der Waals surface area contributed by atoms with Crippen molar-refractivity contribution in [1.82, 2.24) is 14.6 Å². The summed E-state index contributed by atoms with van der Waals surface area (Å²) in [6.45, 7) is 8.51. The Morgan fingerprint density at radius 3 is 2.50 bits per heavy atom. The molecule has 0 radical (unpaired) electrons. The molecule has 1 heterocycles. The molecule has 0 amide bonds. The smallest absolute Gasteiger partial charge is 0.253 e. The third kappa shape index (κ3) is 4.36. The van der Waals surface area contributed by atoms with Crippen LogP contribution in [0.5, 0.6) is 0 Å². The highest BCUT2D eigenvalue weighted by Crippen LogP contribution is 2.19. The number of halogens is 1. The molecule has 0 saturated heterocycles. The Bertz CT molecular complexity index is 840. The third-order valence-corrected chi connectivity index (χ3v) is 4.98. The number of aryl methyl sites for hydroxylation is 2. The molecule has 1 N–H and O–H groups in total. The summed E-state index contributed by atoms with van der Waals surface area (Å²) in [6, 6.07) is 6.53. The van der Waals surface area contributed by atoms with Gasteiger partial charge in [0.2, 0.25) is 0 Å². The van der Waals surface area contributed by atoms with Crippen LogP contribution in [0.4, 0.5) is 0 Å². The molecule has 0 saturated carbocycles. The van der Waals surface area contributed by atoms with Crippen LogP contribution in [0, 0.1) is 19.8 Å². The lowest BCUT2D eigenvalue weighted by Crippen LogP contribution is -2.18. The van der Waals surface area contributed by atoms with Crippen molar-refractivity contribution < 1.29 is 8.42 Å². The van der Waals surface area contributed by atoms with Gasteiger partial charge in [-0.25, -0.2) is 4.83 Å². The van der Waals surface area contributed by atoms with Crippen molar-refractivity contribution >= 4 is 27.8 Å². The fourth-order valence-electron chi connectivity index (χ4n) is 2.11. The lowest BCUT2D eigenvalue weighted by molar-refractivity contribution is 0.482. The Labute approximate surface area is 147 Å². The van der Waals surface area contributed by atoms with Crippen molar-refractivity contribution in [3.8, 4) is 0 Å². The van der Waals surface area contributed by atoms with Gasteiger partial charge < -0.3 is 0 Å². The summed E-state index contributed by atoms with van der Waals surface area (Å²) in [5.41, 5.74) is 2.28. The summed E-state index contributed by atoms with van der Waals surface area (Å²) < 4.78 is 26.0. The second-order valence-electron chi connectivity index (χ2n) is 6.03. The monoisotopic (exact) mass is 368 g/mol. The molecule has 2 rings (SSSR count). The standard InChI is InChI=1S/C16H21ClN4O2S/c1-11(2)10-21-16(17)15(13(4)19-21)9-18-20-24(22,23)14-7-5-12(3)6-8-14/h5-9,11,20H,10H2,1-4H3/b18-9-. The summed E-state index contributed by atoms with van der Waals surface area (Å²) in [4.78, 5) is 2.35. The molecule has 130 valence electrons. The van der Waals surface area contributed by atoms with Crippen molar-refractivity contribution in [2.75, 3.05) is 0 Å². The van der Waals surface area contributed by atoms with Gasteiger partial charge in [0.15, 0.2) is 0 Å². The lowest BCUT2D eigenvalue weighted by atomic mass is 10.2. The first kappa shape index (κ1) is 18.5. The van der Waals surface area contributed by atoms with E-state index in [1.165, 1.54) is 18.3 Å². The average Bonchev–Trinajstić information content (AvgIpc) is 2.74. The molecule has 0 aliphatic rings. The van der Waals surface area contributed by atoms with Gasteiger partial charge in [0.1, 0.15) is 5.15 Å². The van der Waals surface area contributed by atoms with Gasteiger partial charge in [-0.3, -0.25) is 4.68 Å². The minimum atomic E-state index is -3.70. The first-order valence-corrected chi connectivity index (χ1v) is 9.41. The van der Waals surface area contributed by atoms with Crippen molar-refractivity contribution in [2.45, 2.75) is 39.1 Å². The molecule has 0 spiro atoms. The van der Waals surface area contributed by atoms with E-state index in [-0.39, 0.29) is 4.90 Å². The maximum Gasteiger partial charge on any atom is 0.276 e. The molecule has 0 aliphatic carbocycles. The van der Waals surface area contributed by atoms with E-state index >= 15 is 0 Å². The summed E-state index contributed by atoms with van der Waals surface area (Å²) in [5, 5.41) is 8.62. The van der Waals surface area contributed by atoms with Gasteiger partial charge in [-0.1, -0.05) is 43.1 Å². The number of hydrogen-bond acceptors (Lipinski definition) is 4. The quantitative estimate of drug-likeness (QED) is 0.628. The predicted octanol–water partition coefficient (Wildman–Crippen LogP) is 3.12. The van der Waals surface area contributed by atoms with Crippen LogP contribution in [0.3, 0.4) is 0 Å². The normalized spacial score (nSPS) is 12.2. The first-order valence-electron chi connectivity index (χ1n) is 7.55. The van der Waals surface area contributed by atoms with E-state index in [0.717, 1.165) is 5.56 Å². The van der Waals surface area contributed by atoms with Gasteiger partial charge in [0, 0.05) is 6.54 Å². The number of rotatable bonds is 6. The lowest BCUT2D eigenvalue weighted by Gasteiger charge is -2.05. The van der Waals surface area contributed by atoms with Gasteiger partial charge in [-0.05, 0) is 31.9 Å². The van der Waals surface area contributed by atoms with Crippen molar-refractivity contribution in [1.29, 1.82) is 0 Å². The fourth-order valence-corrected chi connectivity index (χ4v) is 3.19. The molecule has 0 unspecified atom stereocenters.